The van der Waals surface area contributed by atoms with E-state index in [4.69, 9.17) is 11.6 Å². The summed E-state index contributed by atoms with van der Waals surface area (Å²) in [5.74, 6) is -0.534. The highest BCUT2D eigenvalue weighted by Crippen LogP contribution is 2.26. The molecule has 0 radical (unpaired) electrons. The first-order valence-corrected chi connectivity index (χ1v) is 8.43. The molecule has 2 amide bonds. The lowest BCUT2D eigenvalue weighted by molar-refractivity contribution is 0.262. The molecule has 1 aromatic carbocycles. The van der Waals surface area contributed by atoms with Crippen molar-refractivity contribution in [3.05, 3.63) is 29.0 Å². The van der Waals surface area contributed by atoms with Gasteiger partial charge in [0.05, 0.1) is 5.02 Å². The zero-order valence-electron chi connectivity index (χ0n) is 12.2. The van der Waals surface area contributed by atoms with Crippen LogP contribution >= 0.6 is 22.9 Å². The molecule has 6 nitrogen and oxygen atoms in total. The van der Waals surface area contributed by atoms with Crippen LogP contribution in [0, 0.1) is 5.82 Å². The molecule has 0 saturated carbocycles. The van der Waals surface area contributed by atoms with E-state index in [1.807, 2.05) is 0 Å². The number of carbonyl (C=O) groups is 1. The lowest BCUT2D eigenvalue weighted by atomic mass is 10.1. The number of nitrogens with zero attached hydrogens (tertiary/aromatic N) is 3. The van der Waals surface area contributed by atoms with Crippen LogP contribution < -0.4 is 15.5 Å². The Bertz CT molecular complexity index is 704. The van der Waals surface area contributed by atoms with Crippen molar-refractivity contribution >= 4 is 44.9 Å². The number of hydrogen-bond acceptors (Lipinski definition) is 5. The molecular weight excluding hydrogens is 341 g/mol. The minimum atomic E-state index is -0.534. The van der Waals surface area contributed by atoms with Crippen LogP contribution in [0.1, 0.15) is 19.3 Å². The summed E-state index contributed by atoms with van der Waals surface area (Å²) in [7, 11) is 0. The van der Waals surface area contributed by atoms with Gasteiger partial charge in [-0.1, -0.05) is 22.9 Å². The van der Waals surface area contributed by atoms with Crippen LogP contribution in [0.2, 0.25) is 5.02 Å². The number of hydrogen-bond donors (Lipinski definition) is 2. The first-order valence-electron chi connectivity index (χ1n) is 7.23. The molecule has 0 atom stereocenters. The SMILES string of the molecule is O=C(Nc1ccc(F)c(Cl)c1)Nc1nnc(N2CCCCC2)s1. The van der Waals surface area contributed by atoms with Gasteiger partial charge in [-0.3, -0.25) is 5.32 Å². The summed E-state index contributed by atoms with van der Waals surface area (Å²) in [5.41, 5.74) is 0.398. The molecule has 23 heavy (non-hydrogen) atoms. The fraction of sp³-hybridized carbons (Fsp3) is 0.357. The Balaban J connectivity index is 1.59. The summed E-state index contributed by atoms with van der Waals surface area (Å²) >= 11 is 7.00. The summed E-state index contributed by atoms with van der Waals surface area (Å²) < 4.78 is 13.1. The first kappa shape index (κ1) is 15.9. The fourth-order valence-electron chi connectivity index (χ4n) is 2.31. The van der Waals surface area contributed by atoms with Gasteiger partial charge in [0.25, 0.3) is 0 Å². The quantitative estimate of drug-likeness (QED) is 0.874. The number of piperidine rings is 1. The lowest BCUT2D eigenvalue weighted by Gasteiger charge is -2.25. The number of benzene rings is 1. The minimum Gasteiger partial charge on any atom is -0.347 e. The van der Waals surface area contributed by atoms with Crippen LogP contribution in [0.3, 0.4) is 0 Å². The van der Waals surface area contributed by atoms with Crippen molar-refractivity contribution in [1.82, 2.24) is 10.2 Å². The van der Waals surface area contributed by atoms with Gasteiger partial charge in [-0.15, -0.1) is 10.2 Å². The predicted molar refractivity (Wildman–Crippen MR) is 90.0 cm³/mol. The van der Waals surface area contributed by atoms with Gasteiger partial charge in [-0.05, 0) is 37.5 Å². The van der Waals surface area contributed by atoms with Crippen molar-refractivity contribution in [3.8, 4) is 0 Å². The van der Waals surface area contributed by atoms with Crippen LogP contribution in [0.4, 0.5) is 25.1 Å². The second-order valence-corrected chi connectivity index (χ2v) is 6.51. The normalized spacial score (nSPS) is 14.6. The Hall–Kier alpha value is -1.93. The molecule has 2 N–H and O–H groups in total. The third-order valence-corrected chi connectivity index (χ3v) is 4.63. The molecule has 1 saturated heterocycles. The highest BCUT2D eigenvalue weighted by Gasteiger charge is 2.16. The second-order valence-electron chi connectivity index (χ2n) is 5.15. The van der Waals surface area contributed by atoms with Crippen molar-refractivity contribution < 1.29 is 9.18 Å². The molecule has 3 rings (SSSR count). The highest BCUT2D eigenvalue weighted by atomic mass is 35.5. The molecular formula is C14H15ClFN5OS. The molecule has 1 aliphatic heterocycles. The Morgan fingerprint density at radius 2 is 2.00 bits per heavy atom. The van der Waals surface area contributed by atoms with Crippen LogP contribution in [0.5, 0.6) is 0 Å². The van der Waals surface area contributed by atoms with E-state index >= 15 is 0 Å². The van der Waals surface area contributed by atoms with E-state index < -0.39 is 11.8 Å². The van der Waals surface area contributed by atoms with Crippen molar-refractivity contribution in [3.63, 3.8) is 0 Å². The van der Waals surface area contributed by atoms with Gasteiger partial charge < -0.3 is 10.2 Å². The molecule has 0 bridgehead atoms. The highest BCUT2D eigenvalue weighted by molar-refractivity contribution is 7.19. The van der Waals surface area contributed by atoms with Gasteiger partial charge in [-0.25, -0.2) is 9.18 Å². The number of rotatable bonds is 3. The van der Waals surface area contributed by atoms with Crippen LogP contribution in [-0.2, 0) is 0 Å². The van der Waals surface area contributed by atoms with Gasteiger partial charge in [0, 0.05) is 18.8 Å². The van der Waals surface area contributed by atoms with E-state index in [-0.39, 0.29) is 5.02 Å². The van der Waals surface area contributed by atoms with Crippen molar-refractivity contribution in [2.75, 3.05) is 28.6 Å². The van der Waals surface area contributed by atoms with Gasteiger partial charge in [0.15, 0.2) is 0 Å². The van der Waals surface area contributed by atoms with E-state index in [9.17, 15) is 9.18 Å². The molecule has 9 heteroatoms. The molecule has 1 aromatic heterocycles. The van der Waals surface area contributed by atoms with Crippen LogP contribution in [0.15, 0.2) is 18.2 Å². The number of urea groups is 1. The molecule has 1 aliphatic rings. The first-order chi connectivity index (χ1) is 11.1. The molecule has 0 aliphatic carbocycles. The smallest absolute Gasteiger partial charge is 0.325 e. The maximum absolute atomic E-state index is 13.1. The van der Waals surface area contributed by atoms with E-state index in [0.29, 0.717) is 10.8 Å². The maximum atomic E-state index is 13.1. The number of nitrogens with one attached hydrogen (secondary N) is 2. The average Bonchev–Trinajstić information content (AvgIpc) is 3.00. The standard InChI is InChI=1S/C14H15ClFN5OS/c15-10-8-9(4-5-11(10)16)17-12(22)18-13-19-20-14(23-13)21-6-2-1-3-7-21/h4-5,8H,1-3,6-7H2,(H2,17,18,19,22). The summed E-state index contributed by atoms with van der Waals surface area (Å²) in [6.45, 7) is 1.93. The third-order valence-electron chi connectivity index (χ3n) is 3.44. The van der Waals surface area contributed by atoms with Gasteiger partial charge >= 0.3 is 6.03 Å². The van der Waals surface area contributed by atoms with Crippen LogP contribution in [0.25, 0.3) is 0 Å². The summed E-state index contributed by atoms with van der Waals surface area (Å²) in [6, 6.07) is 3.49. The number of aromatic nitrogens is 2. The third kappa shape index (κ3) is 4.08. The predicted octanol–water partition coefficient (Wildman–Crippen LogP) is 3.96. The molecule has 2 aromatic rings. The molecule has 0 unspecified atom stereocenters. The summed E-state index contributed by atoms with van der Waals surface area (Å²) in [6.07, 6.45) is 3.53. The fourth-order valence-corrected chi connectivity index (χ4v) is 3.28. The monoisotopic (exact) mass is 355 g/mol. The Kier molecular flexibility index (Phi) is 4.92. The minimum absolute atomic E-state index is 0.0499. The zero-order valence-corrected chi connectivity index (χ0v) is 13.8. The number of amides is 2. The van der Waals surface area contributed by atoms with E-state index in [0.717, 1.165) is 31.1 Å². The number of halogens is 2. The Labute approximate surface area is 141 Å². The Morgan fingerprint density at radius 1 is 1.22 bits per heavy atom. The zero-order chi connectivity index (χ0) is 16.2. The van der Waals surface area contributed by atoms with Crippen molar-refractivity contribution in [2.45, 2.75) is 19.3 Å². The van der Waals surface area contributed by atoms with Gasteiger partial charge in [0.2, 0.25) is 10.3 Å². The molecule has 1 fully saturated rings. The average molecular weight is 356 g/mol. The maximum Gasteiger partial charge on any atom is 0.325 e. The summed E-state index contributed by atoms with van der Waals surface area (Å²) in [4.78, 5) is 14.1. The Morgan fingerprint density at radius 3 is 2.74 bits per heavy atom. The number of carbonyl (C=O) groups excluding carboxylic acids is 1. The van der Waals surface area contributed by atoms with E-state index in [1.54, 1.807) is 0 Å². The van der Waals surface area contributed by atoms with E-state index in [2.05, 4.69) is 25.7 Å². The topological polar surface area (TPSA) is 70.1 Å². The molecule has 2 heterocycles. The largest absolute Gasteiger partial charge is 0.347 e. The summed E-state index contributed by atoms with van der Waals surface area (Å²) in [5, 5.41) is 14.4. The number of anilines is 3. The van der Waals surface area contributed by atoms with Crippen molar-refractivity contribution in [2.24, 2.45) is 0 Å². The molecule has 0 spiro atoms. The van der Waals surface area contributed by atoms with Gasteiger partial charge in [-0.2, -0.15) is 0 Å². The second kappa shape index (κ2) is 7.10. The van der Waals surface area contributed by atoms with E-state index in [1.165, 1.54) is 36.0 Å². The van der Waals surface area contributed by atoms with Crippen LogP contribution in [-0.4, -0.2) is 29.3 Å². The molecule has 122 valence electrons. The lowest BCUT2D eigenvalue weighted by Crippen LogP contribution is -2.29. The van der Waals surface area contributed by atoms with Crippen molar-refractivity contribution in [1.29, 1.82) is 0 Å². The van der Waals surface area contributed by atoms with Gasteiger partial charge in [0.1, 0.15) is 5.82 Å².